The quantitative estimate of drug-likeness (QED) is 0.868. The van der Waals surface area contributed by atoms with E-state index in [1.54, 1.807) is 13.2 Å². The summed E-state index contributed by atoms with van der Waals surface area (Å²) in [4.78, 5) is 2.08. The summed E-state index contributed by atoms with van der Waals surface area (Å²) in [5.74, 6) is 0.856. The third-order valence-corrected chi connectivity index (χ3v) is 3.19. The number of halogens is 1. The van der Waals surface area contributed by atoms with Crippen LogP contribution in [0, 0.1) is 0 Å². The number of nitrogens with zero attached hydrogens (tertiary/aromatic N) is 1. The lowest BCUT2D eigenvalue weighted by Crippen LogP contribution is -2.17. The Morgan fingerprint density at radius 1 is 1.21 bits per heavy atom. The van der Waals surface area contributed by atoms with E-state index in [4.69, 9.17) is 22.1 Å². The van der Waals surface area contributed by atoms with Gasteiger partial charge >= 0.3 is 0 Å². The van der Waals surface area contributed by atoms with E-state index < -0.39 is 0 Å². The highest BCUT2D eigenvalue weighted by Gasteiger charge is 2.07. The Morgan fingerprint density at radius 2 is 2.00 bits per heavy atom. The number of hydrogen-bond acceptors (Lipinski definition) is 3. The van der Waals surface area contributed by atoms with Gasteiger partial charge in [-0.05, 0) is 35.9 Å². The molecule has 0 spiro atoms. The Balaban J connectivity index is 2.17. The average molecular weight is 277 g/mol. The van der Waals surface area contributed by atoms with Crippen LogP contribution in [-0.4, -0.2) is 14.2 Å². The van der Waals surface area contributed by atoms with Crippen molar-refractivity contribution in [3.63, 3.8) is 0 Å². The van der Waals surface area contributed by atoms with Crippen LogP contribution >= 0.6 is 11.6 Å². The van der Waals surface area contributed by atoms with Crippen LogP contribution in [0.25, 0.3) is 0 Å². The Kier molecular flexibility index (Phi) is 4.17. The molecule has 2 rings (SSSR count). The van der Waals surface area contributed by atoms with Crippen molar-refractivity contribution in [2.45, 2.75) is 6.54 Å². The van der Waals surface area contributed by atoms with Crippen molar-refractivity contribution in [3.8, 4) is 5.75 Å². The van der Waals surface area contributed by atoms with Crippen LogP contribution in [0.2, 0.25) is 5.02 Å². The fraction of sp³-hybridized carbons (Fsp3) is 0.200. The lowest BCUT2D eigenvalue weighted by Gasteiger charge is -2.21. The fourth-order valence-corrected chi connectivity index (χ4v) is 2.18. The lowest BCUT2D eigenvalue weighted by molar-refractivity contribution is 0.414. The first-order chi connectivity index (χ1) is 9.10. The van der Waals surface area contributed by atoms with E-state index in [1.165, 1.54) is 0 Å². The van der Waals surface area contributed by atoms with Crippen LogP contribution < -0.4 is 15.4 Å². The Morgan fingerprint density at radius 3 is 2.68 bits per heavy atom. The average Bonchev–Trinajstić information content (AvgIpc) is 2.38. The number of nitrogen functional groups attached to an aromatic ring is 1. The monoisotopic (exact) mass is 276 g/mol. The maximum Gasteiger partial charge on any atom is 0.119 e. The van der Waals surface area contributed by atoms with E-state index >= 15 is 0 Å². The fourth-order valence-electron chi connectivity index (χ4n) is 2.00. The van der Waals surface area contributed by atoms with Gasteiger partial charge in [0, 0.05) is 18.6 Å². The van der Waals surface area contributed by atoms with Gasteiger partial charge in [0.2, 0.25) is 0 Å². The highest BCUT2D eigenvalue weighted by molar-refractivity contribution is 6.31. The number of ether oxygens (including phenoxy) is 1. The second-order valence-electron chi connectivity index (χ2n) is 4.41. The number of benzene rings is 2. The van der Waals surface area contributed by atoms with E-state index in [1.807, 2.05) is 37.4 Å². The maximum absolute atomic E-state index is 5.98. The standard InChI is InChI=1S/C15H17ClN2O/c1-18(15-7-6-12(16)9-14(15)17)10-11-4-3-5-13(8-11)19-2/h3-9H,10,17H2,1-2H3. The van der Waals surface area contributed by atoms with Gasteiger partial charge < -0.3 is 15.4 Å². The molecule has 2 N–H and O–H groups in total. The Labute approximate surface area is 118 Å². The molecule has 0 atom stereocenters. The third kappa shape index (κ3) is 3.32. The molecule has 0 unspecified atom stereocenters. The van der Waals surface area contributed by atoms with E-state index in [9.17, 15) is 0 Å². The van der Waals surface area contributed by atoms with Gasteiger partial charge in [-0.15, -0.1) is 0 Å². The minimum atomic E-state index is 0.649. The molecule has 0 saturated heterocycles. The molecule has 4 heteroatoms. The number of rotatable bonds is 4. The number of nitrogens with two attached hydrogens (primary N) is 1. The van der Waals surface area contributed by atoms with Crippen LogP contribution in [0.15, 0.2) is 42.5 Å². The predicted molar refractivity (Wildman–Crippen MR) is 81.0 cm³/mol. The maximum atomic E-state index is 5.98. The van der Waals surface area contributed by atoms with Crippen molar-refractivity contribution >= 4 is 23.0 Å². The molecule has 3 nitrogen and oxygen atoms in total. The molecule has 100 valence electrons. The summed E-state index contributed by atoms with van der Waals surface area (Å²) < 4.78 is 5.22. The summed E-state index contributed by atoms with van der Waals surface area (Å²) in [5.41, 5.74) is 8.79. The minimum absolute atomic E-state index is 0.649. The molecule has 0 aliphatic carbocycles. The van der Waals surface area contributed by atoms with Crippen molar-refractivity contribution < 1.29 is 4.74 Å². The van der Waals surface area contributed by atoms with Crippen molar-refractivity contribution in [3.05, 3.63) is 53.1 Å². The molecule has 0 saturated carbocycles. The number of anilines is 2. The van der Waals surface area contributed by atoms with Crippen LogP contribution in [0.5, 0.6) is 5.75 Å². The summed E-state index contributed by atoms with van der Waals surface area (Å²) in [6.45, 7) is 0.753. The molecule has 0 fully saturated rings. The summed E-state index contributed by atoms with van der Waals surface area (Å²) in [7, 11) is 3.67. The Bertz CT molecular complexity index is 572. The van der Waals surface area contributed by atoms with E-state index in [2.05, 4.69) is 11.0 Å². The van der Waals surface area contributed by atoms with Gasteiger partial charge in [-0.2, -0.15) is 0 Å². The normalized spacial score (nSPS) is 10.3. The first kappa shape index (κ1) is 13.6. The highest BCUT2D eigenvalue weighted by atomic mass is 35.5. The molecule has 19 heavy (non-hydrogen) atoms. The first-order valence-electron chi connectivity index (χ1n) is 5.99. The molecule has 0 aliphatic heterocycles. The molecule has 0 heterocycles. The smallest absolute Gasteiger partial charge is 0.119 e. The van der Waals surface area contributed by atoms with Gasteiger partial charge in [0.05, 0.1) is 18.5 Å². The van der Waals surface area contributed by atoms with Gasteiger partial charge in [0.15, 0.2) is 0 Å². The zero-order valence-corrected chi connectivity index (χ0v) is 11.8. The minimum Gasteiger partial charge on any atom is -0.497 e. The van der Waals surface area contributed by atoms with E-state index in [0.29, 0.717) is 10.7 Å². The summed E-state index contributed by atoms with van der Waals surface area (Å²) >= 11 is 5.91. The molecule has 2 aromatic carbocycles. The molecular formula is C15H17ClN2O. The zero-order chi connectivity index (χ0) is 13.8. The van der Waals surface area contributed by atoms with Crippen molar-refractivity contribution in [2.24, 2.45) is 0 Å². The van der Waals surface area contributed by atoms with Crippen LogP contribution in [0.3, 0.4) is 0 Å². The SMILES string of the molecule is COc1cccc(CN(C)c2ccc(Cl)cc2N)c1. The molecule has 2 aromatic rings. The van der Waals surface area contributed by atoms with Crippen molar-refractivity contribution in [2.75, 3.05) is 24.8 Å². The molecule has 0 bridgehead atoms. The second kappa shape index (κ2) is 5.85. The van der Waals surface area contributed by atoms with Gasteiger partial charge in [0.1, 0.15) is 5.75 Å². The van der Waals surface area contributed by atoms with Crippen molar-refractivity contribution in [1.82, 2.24) is 0 Å². The largest absolute Gasteiger partial charge is 0.497 e. The first-order valence-corrected chi connectivity index (χ1v) is 6.37. The molecule has 0 aliphatic rings. The molecule has 0 aromatic heterocycles. The van der Waals surface area contributed by atoms with Crippen LogP contribution in [-0.2, 0) is 6.54 Å². The van der Waals surface area contributed by atoms with E-state index in [0.717, 1.165) is 23.5 Å². The van der Waals surface area contributed by atoms with Gasteiger partial charge in [-0.1, -0.05) is 23.7 Å². The lowest BCUT2D eigenvalue weighted by atomic mass is 10.2. The third-order valence-electron chi connectivity index (χ3n) is 2.95. The second-order valence-corrected chi connectivity index (χ2v) is 4.85. The molecular weight excluding hydrogens is 260 g/mol. The predicted octanol–water partition coefficient (Wildman–Crippen LogP) is 3.57. The topological polar surface area (TPSA) is 38.5 Å². The summed E-state index contributed by atoms with van der Waals surface area (Å²) in [5, 5.41) is 0.649. The number of hydrogen-bond donors (Lipinski definition) is 1. The van der Waals surface area contributed by atoms with Gasteiger partial charge in [-0.25, -0.2) is 0 Å². The van der Waals surface area contributed by atoms with Gasteiger partial charge in [0.25, 0.3) is 0 Å². The van der Waals surface area contributed by atoms with E-state index in [-0.39, 0.29) is 0 Å². The van der Waals surface area contributed by atoms with Crippen LogP contribution in [0.1, 0.15) is 5.56 Å². The molecule has 0 amide bonds. The van der Waals surface area contributed by atoms with Gasteiger partial charge in [-0.3, -0.25) is 0 Å². The van der Waals surface area contributed by atoms with Crippen molar-refractivity contribution in [1.29, 1.82) is 0 Å². The summed E-state index contributed by atoms with van der Waals surface area (Å²) in [6, 6.07) is 13.5. The highest BCUT2D eigenvalue weighted by Crippen LogP contribution is 2.27. The zero-order valence-electron chi connectivity index (χ0n) is 11.1. The Hall–Kier alpha value is -1.87. The summed E-state index contributed by atoms with van der Waals surface area (Å²) in [6.07, 6.45) is 0. The van der Waals surface area contributed by atoms with Crippen LogP contribution in [0.4, 0.5) is 11.4 Å². The molecule has 0 radical (unpaired) electrons. The number of methoxy groups -OCH3 is 1.